The maximum absolute atomic E-state index is 12.0. The lowest BCUT2D eigenvalue weighted by atomic mass is 9.91. The highest BCUT2D eigenvalue weighted by molar-refractivity contribution is 5.82. The van der Waals surface area contributed by atoms with Crippen LogP contribution < -0.4 is 0 Å². The number of likely N-dealkylation sites (tertiary alicyclic amines) is 1. The summed E-state index contributed by atoms with van der Waals surface area (Å²) in [5.74, 6) is 0.768. The Labute approximate surface area is 116 Å². The maximum Gasteiger partial charge on any atom is 0.138 e. The van der Waals surface area contributed by atoms with Crippen molar-refractivity contribution in [3.8, 4) is 0 Å². The number of Topliss-reactive ketones (excluding diaryl/α,β-unsaturated/α-hetero) is 1. The number of carbonyl (C=O) groups excluding carboxylic acids is 1. The molecule has 1 saturated heterocycles. The van der Waals surface area contributed by atoms with Crippen molar-refractivity contribution in [2.24, 2.45) is 5.92 Å². The van der Waals surface area contributed by atoms with Crippen LogP contribution in [0.2, 0.25) is 0 Å². The van der Waals surface area contributed by atoms with Crippen LogP contribution >= 0.6 is 0 Å². The molecule has 0 saturated carbocycles. The predicted molar refractivity (Wildman–Crippen MR) is 79.0 cm³/mol. The molecule has 1 aliphatic heterocycles. The molecule has 0 spiro atoms. The van der Waals surface area contributed by atoms with E-state index in [1.807, 2.05) is 0 Å². The van der Waals surface area contributed by atoms with Crippen molar-refractivity contribution >= 4 is 5.78 Å². The topological polar surface area (TPSA) is 20.3 Å². The van der Waals surface area contributed by atoms with E-state index < -0.39 is 0 Å². The molecule has 19 heavy (non-hydrogen) atoms. The second kappa shape index (κ2) is 7.44. The minimum absolute atomic E-state index is 0.281. The lowest BCUT2D eigenvalue weighted by Crippen LogP contribution is -2.40. The summed E-state index contributed by atoms with van der Waals surface area (Å²) in [5, 5.41) is 0. The summed E-state index contributed by atoms with van der Waals surface area (Å²) in [5.41, 5.74) is 1.35. The first-order valence-electron chi connectivity index (χ1n) is 7.58. The van der Waals surface area contributed by atoms with Crippen LogP contribution in [0.25, 0.3) is 0 Å². The summed E-state index contributed by atoms with van der Waals surface area (Å²) in [6.07, 6.45) is 5.50. The third-order valence-corrected chi connectivity index (χ3v) is 4.01. The quantitative estimate of drug-likeness (QED) is 0.727. The molecule has 1 aromatic rings. The van der Waals surface area contributed by atoms with Crippen molar-refractivity contribution in [3.63, 3.8) is 0 Å². The van der Waals surface area contributed by atoms with Crippen molar-refractivity contribution in [2.45, 2.75) is 45.6 Å². The van der Waals surface area contributed by atoms with E-state index in [2.05, 4.69) is 42.2 Å². The van der Waals surface area contributed by atoms with Gasteiger partial charge in [0.05, 0.1) is 0 Å². The van der Waals surface area contributed by atoms with Crippen molar-refractivity contribution in [2.75, 3.05) is 13.1 Å². The van der Waals surface area contributed by atoms with Gasteiger partial charge in [-0.2, -0.15) is 0 Å². The van der Waals surface area contributed by atoms with Gasteiger partial charge in [-0.05, 0) is 12.0 Å². The molecule has 0 amide bonds. The summed E-state index contributed by atoms with van der Waals surface area (Å²) in [6, 6.07) is 10.6. The molecule has 104 valence electrons. The fourth-order valence-corrected chi connectivity index (χ4v) is 2.86. The van der Waals surface area contributed by atoms with E-state index in [0.29, 0.717) is 5.78 Å². The number of unbranched alkanes of at least 4 members (excludes halogenated alkanes) is 2. The van der Waals surface area contributed by atoms with Crippen LogP contribution in [-0.2, 0) is 11.3 Å². The van der Waals surface area contributed by atoms with Crippen LogP contribution in [0.15, 0.2) is 30.3 Å². The fraction of sp³-hybridized carbons (Fsp3) is 0.588. The normalized spacial score (nSPS) is 20.7. The van der Waals surface area contributed by atoms with Gasteiger partial charge >= 0.3 is 0 Å². The van der Waals surface area contributed by atoms with E-state index in [1.165, 1.54) is 24.8 Å². The maximum atomic E-state index is 12.0. The monoisotopic (exact) mass is 259 g/mol. The zero-order chi connectivity index (χ0) is 13.5. The number of rotatable bonds is 6. The van der Waals surface area contributed by atoms with Gasteiger partial charge in [0.25, 0.3) is 0 Å². The molecule has 2 rings (SSSR count). The molecule has 0 bridgehead atoms. The molecule has 0 N–H and O–H groups in total. The molecule has 2 heteroatoms. The Balaban J connectivity index is 1.84. The van der Waals surface area contributed by atoms with Gasteiger partial charge in [0.15, 0.2) is 0 Å². The molecule has 1 heterocycles. The average Bonchev–Trinajstić information content (AvgIpc) is 2.44. The standard InChI is InChI=1S/C17H25NO/c1-2-3-5-10-16-14-18(12-11-17(16)19)13-15-8-6-4-7-9-15/h4,6-9,16H,2-3,5,10-14H2,1H3. The predicted octanol–water partition coefficient (Wildman–Crippen LogP) is 3.66. The van der Waals surface area contributed by atoms with Gasteiger partial charge in [0.2, 0.25) is 0 Å². The van der Waals surface area contributed by atoms with Crippen molar-refractivity contribution < 1.29 is 4.79 Å². The number of ketones is 1. The molecular formula is C17H25NO. The third kappa shape index (κ3) is 4.46. The SMILES string of the molecule is CCCCCC1CN(Cc2ccccc2)CCC1=O. The number of nitrogens with zero attached hydrogens (tertiary/aromatic N) is 1. The van der Waals surface area contributed by atoms with Crippen LogP contribution in [0.3, 0.4) is 0 Å². The smallest absolute Gasteiger partial charge is 0.138 e. The van der Waals surface area contributed by atoms with Crippen molar-refractivity contribution in [1.29, 1.82) is 0 Å². The lowest BCUT2D eigenvalue weighted by Gasteiger charge is -2.31. The second-order valence-corrected chi connectivity index (χ2v) is 5.63. The minimum atomic E-state index is 0.281. The van der Waals surface area contributed by atoms with Crippen molar-refractivity contribution in [1.82, 2.24) is 4.90 Å². The number of benzene rings is 1. The van der Waals surface area contributed by atoms with E-state index in [9.17, 15) is 4.79 Å². The first-order chi connectivity index (χ1) is 9.29. The number of hydrogen-bond donors (Lipinski definition) is 0. The highest BCUT2D eigenvalue weighted by atomic mass is 16.1. The van der Waals surface area contributed by atoms with Crippen LogP contribution in [0.4, 0.5) is 0 Å². The molecule has 1 aromatic carbocycles. The van der Waals surface area contributed by atoms with Crippen molar-refractivity contribution in [3.05, 3.63) is 35.9 Å². The molecule has 1 atom stereocenters. The zero-order valence-corrected chi connectivity index (χ0v) is 12.0. The molecule has 1 unspecified atom stereocenters. The second-order valence-electron chi connectivity index (χ2n) is 5.63. The number of hydrogen-bond acceptors (Lipinski definition) is 2. The van der Waals surface area contributed by atoms with Gasteiger partial charge in [-0.3, -0.25) is 9.69 Å². The van der Waals surface area contributed by atoms with Gasteiger partial charge in [-0.25, -0.2) is 0 Å². The highest BCUT2D eigenvalue weighted by Gasteiger charge is 2.26. The van der Waals surface area contributed by atoms with Gasteiger partial charge in [-0.15, -0.1) is 0 Å². The number of carbonyl (C=O) groups is 1. The first-order valence-corrected chi connectivity index (χ1v) is 7.58. The van der Waals surface area contributed by atoms with Gasteiger partial charge < -0.3 is 0 Å². The number of piperidine rings is 1. The van der Waals surface area contributed by atoms with Crippen LogP contribution in [-0.4, -0.2) is 23.8 Å². The summed E-state index contributed by atoms with van der Waals surface area (Å²) >= 11 is 0. The minimum Gasteiger partial charge on any atom is -0.299 e. The van der Waals surface area contributed by atoms with E-state index >= 15 is 0 Å². The third-order valence-electron chi connectivity index (χ3n) is 4.01. The zero-order valence-electron chi connectivity index (χ0n) is 12.0. The Morgan fingerprint density at radius 3 is 2.74 bits per heavy atom. The van der Waals surface area contributed by atoms with Crippen LogP contribution in [0.1, 0.15) is 44.6 Å². The average molecular weight is 259 g/mol. The Morgan fingerprint density at radius 1 is 1.21 bits per heavy atom. The molecule has 1 aliphatic rings. The lowest BCUT2D eigenvalue weighted by molar-refractivity contribution is -0.126. The van der Waals surface area contributed by atoms with E-state index in [1.54, 1.807) is 0 Å². The molecule has 0 aromatic heterocycles. The van der Waals surface area contributed by atoms with E-state index in [-0.39, 0.29) is 5.92 Å². The highest BCUT2D eigenvalue weighted by Crippen LogP contribution is 2.20. The molecular weight excluding hydrogens is 234 g/mol. The molecule has 0 aliphatic carbocycles. The first kappa shape index (κ1) is 14.3. The van der Waals surface area contributed by atoms with Crippen LogP contribution in [0.5, 0.6) is 0 Å². The Kier molecular flexibility index (Phi) is 5.59. The van der Waals surface area contributed by atoms with Gasteiger partial charge in [-0.1, -0.05) is 56.5 Å². The molecule has 0 radical (unpaired) electrons. The summed E-state index contributed by atoms with van der Waals surface area (Å²) < 4.78 is 0. The van der Waals surface area contributed by atoms with Gasteiger partial charge in [0, 0.05) is 32.0 Å². The fourth-order valence-electron chi connectivity index (χ4n) is 2.86. The summed E-state index contributed by atoms with van der Waals surface area (Å²) in [4.78, 5) is 14.4. The summed E-state index contributed by atoms with van der Waals surface area (Å²) in [6.45, 7) is 5.08. The Morgan fingerprint density at radius 2 is 2.00 bits per heavy atom. The molecule has 2 nitrogen and oxygen atoms in total. The van der Waals surface area contributed by atoms with E-state index in [0.717, 1.165) is 32.5 Å². The van der Waals surface area contributed by atoms with Gasteiger partial charge in [0.1, 0.15) is 5.78 Å². The van der Waals surface area contributed by atoms with Crippen LogP contribution in [0, 0.1) is 5.92 Å². The Hall–Kier alpha value is -1.15. The largest absolute Gasteiger partial charge is 0.299 e. The summed E-state index contributed by atoms with van der Waals surface area (Å²) in [7, 11) is 0. The molecule has 1 fully saturated rings. The van der Waals surface area contributed by atoms with E-state index in [4.69, 9.17) is 0 Å². The Bertz CT molecular complexity index is 388.